The number of halogens is 1. The zero-order chi connectivity index (χ0) is 27.9. The minimum absolute atomic E-state index is 0.0122. The number of fused-ring (bicyclic) bond motifs is 3. The second kappa shape index (κ2) is 10.8. The maximum Gasteiger partial charge on any atom is 0.240 e. The summed E-state index contributed by atoms with van der Waals surface area (Å²) in [4.78, 5) is 18.9. The largest absolute Gasteiger partial charge is 0.493 e. The standard InChI is InChI=1S/C36H35FN2O2/c1-24(36(40)39(23-29-12-5-7-16-33(29)37)30-21-27-10-2-3-11-28(27)22-30)38-19-17-25-9-4-6-14-31(25)34(38)32-15-8-13-26-18-20-41-35(26)32/h2-16,24,30,34H,17-23H2,1H3/t24-,34+/m0/s1. The summed E-state index contributed by atoms with van der Waals surface area (Å²) in [5.74, 6) is 0.743. The first-order valence-electron chi connectivity index (χ1n) is 14.8. The third-order valence-electron chi connectivity index (χ3n) is 9.27. The molecule has 2 aliphatic heterocycles. The van der Waals surface area contributed by atoms with Crippen LogP contribution >= 0.6 is 0 Å². The van der Waals surface area contributed by atoms with Crippen LogP contribution in [0.4, 0.5) is 4.39 Å². The first-order valence-corrected chi connectivity index (χ1v) is 14.8. The second-order valence-corrected chi connectivity index (χ2v) is 11.6. The number of amides is 1. The third-order valence-corrected chi connectivity index (χ3v) is 9.27. The lowest BCUT2D eigenvalue weighted by Gasteiger charge is -2.43. The molecule has 0 spiro atoms. The lowest BCUT2D eigenvalue weighted by atomic mass is 9.86. The Morgan fingerprint density at radius 2 is 1.51 bits per heavy atom. The van der Waals surface area contributed by atoms with Gasteiger partial charge in [-0.2, -0.15) is 0 Å². The molecule has 2 heterocycles. The molecule has 3 aliphatic rings. The van der Waals surface area contributed by atoms with Gasteiger partial charge < -0.3 is 9.64 Å². The summed E-state index contributed by atoms with van der Waals surface area (Å²) in [6, 6.07) is 29.8. The first kappa shape index (κ1) is 26.0. The molecule has 4 aromatic carbocycles. The molecule has 1 aliphatic carbocycles. The molecule has 1 amide bonds. The summed E-state index contributed by atoms with van der Waals surface area (Å²) in [5, 5.41) is 0. The van der Waals surface area contributed by atoms with Gasteiger partial charge in [-0.25, -0.2) is 4.39 Å². The van der Waals surface area contributed by atoms with Crippen molar-refractivity contribution in [2.24, 2.45) is 0 Å². The molecule has 208 valence electrons. The lowest BCUT2D eigenvalue weighted by Crippen LogP contribution is -2.53. The number of hydrogen-bond acceptors (Lipinski definition) is 3. The van der Waals surface area contributed by atoms with Crippen LogP contribution in [0, 0.1) is 5.82 Å². The van der Waals surface area contributed by atoms with Gasteiger partial charge in [0.15, 0.2) is 0 Å². The highest BCUT2D eigenvalue weighted by Crippen LogP contribution is 2.43. The normalized spacial score (nSPS) is 18.7. The Balaban J connectivity index is 1.26. The van der Waals surface area contributed by atoms with E-state index in [4.69, 9.17) is 4.74 Å². The molecule has 5 heteroatoms. The van der Waals surface area contributed by atoms with Gasteiger partial charge in [-0.1, -0.05) is 84.9 Å². The van der Waals surface area contributed by atoms with Gasteiger partial charge in [-0.05, 0) is 60.1 Å². The fraction of sp³-hybridized carbons (Fsp3) is 0.306. The number of carbonyl (C=O) groups is 1. The van der Waals surface area contributed by atoms with Crippen LogP contribution in [0.2, 0.25) is 0 Å². The molecule has 41 heavy (non-hydrogen) atoms. The molecule has 0 N–H and O–H groups in total. The molecule has 0 saturated heterocycles. The molecular formula is C36H35FN2O2. The Hall–Kier alpha value is -3.96. The average Bonchev–Trinajstić information content (AvgIpc) is 3.67. The number of rotatable bonds is 6. The van der Waals surface area contributed by atoms with Gasteiger partial charge in [-0.15, -0.1) is 0 Å². The fourth-order valence-corrected chi connectivity index (χ4v) is 7.14. The van der Waals surface area contributed by atoms with Crippen LogP contribution in [0.15, 0.2) is 91.0 Å². The highest BCUT2D eigenvalue weighted by molar-refractivity contribution is 5.82. The van der Waals surface area contributed by atoms with Gasteiger partial charge >= 0.3 is 0 Å². The van der Waals surface area contributed by atoms with Crippen LogP contribution < -0.4 is 4.74 Å². The number of benzene rings is 4. The maximum atomic E-state index is 14.9. The monoisotopic (exact) mass is 546 g/mol. The minimum atomic E-state index is -0.402. The van der Waals surface area contributed by atoms with Crippen molar-refractivity contribution in [1.82, 2.24) is 9.80 Å². The van der Waals surface area contributed by atoms with E-state index in [9.17, 15) is 9.18 Å². The van der Waals surface area contributed by atoms with Crippen molar-refractivity contribution in [3.63, 3.8) is 0 Å². The lowest BCUT2D eigenvalue weighted by molar-refractivity contribution is -0.140. The van der Waals surface area contributed by atoms with E-state index in [1.807, 2.05) is 17.9 Å². The Morgan fingerprint density at radius 1 is 0.854 bits per heavy atom. The van der Waals surface area contributed by atoms with E-state index in [0.717, 1.165) is 43.5 Å². The Labute approximate surface area is 241 Å². The molecule has 0 aromatic heterocycles. The van der Waals surface area contributed by atoms with Crippen LogP contribution in [0.5, 0.6) is 5.75 Å². The minimum Gasteiger partial charge on any atom is -0.493 e. The Kier molecular flexibility index (Phi) is 6.83. The Bertz CT molecular complexity index is 1580. The summed E-state index contributed by atoms with van der Waals surface area (Å²) < 4.78 is 21.1. The van der Waals surface area contributed by atoms with Crippen molar-refractivity contribution in [3.05, 3.63) is 136 Å². The van der Waals surface area contributed by atoms with Gasteiger partial charge in [0, 0.05) is 36.7 Å². The van der Waals surface area contributed by atoms with E-state index in [0.29, 0.717) is 12.2 Å². The number of nitrogens with zero attached hydrogens (tertiary/aromatic N) is 2. The van der Waals surface area contributed by atoms with Crippen molar-refractivity contribution >= 4 is 5.91 Å². The van der Waals surface area contributed by atoms with E-state index < -0.39 is 6.04 Å². The van der Waals surface area contributed by atoms with Crippen molar-refractivity contribution in [1.29, 1.82) is 0 Å². The maximum absolute atomic E-state index is 14.9. The molecule has 0 saturated carbocycles. The van der Waals surface area contributed by atoms with Crippen LogP contribution in [0.1, 0.15) is 51.9 Å². The van der Waals surface area contributed by atoms with Gasteiger partial charge in [0.05, 0.1) is 18.7 Å². The fourth-order valence-electron chi connectivity index (χ4n) is 7.14. The van der Waals surface area contributed by atoms with E-state index in [2.05, 4.69) is 71.6 Å². The molecule has 4 nitrogen and oxygen atoms in total. The summed E-state index contributed by atoms with van der Waals surface area (Å²) in [5.41, 5.74) is 8.01. The molecule has 7 rings (SSSR count). The van der Waals surface area contributed by atoms with Gasteiger partial charge in [0.2, 0.25) is 5.91 Å². The predicted molar refractivity (Wildman–Crippen MR) is 158 cm³/mol. The van der Waals surface area contributed by atoms with Gasteiger partial charge in [0.25, 0.3) is 0 Å². The number of ether oxygens (including phenoxy) is 1. The van der Waals surface area contributed by atoms with Crippen molar-refractivity contribution < 1.29 is 13.9 Å². The molecule has 0 radical (unpaired) electrons. The third kappa shape index (κ3) is 4.72. The van der Waals surface area contributed by atoms with E-state index in [1.54, 1.807) is 12.1 Å². The number of carbonyl (C=O) groups excluding carboxylic acids is 1. The van der Waals surface area contributed by atoms with Crippen molar-refractivity contribution in [3.8, 4) is 5.75 Å². The molecule has 4 aromatic rings. The zero-order valence-electron chi connectivity index (χ0n) is 23.4. The second-order valence-electron chi connectivity index (χ2n) is 11.6. The topological polar surface area (TPSA) is 32.8 Å². The quantitative estimate of drug-likeness (QED) is 0.285. The average molecular weight is 547 g/mol. The van der Waals surface area contributed by atoms with E-state index >= 15 is 0 Å². The molecule has 0 unspecified atom stereocenters. The summed E-state index contributed by atoms with van der Waals surface area (Å²) >= 11 is 0. The van der Waals surface area contributed by atoms with Crippen LogP contribution in [-0.4, -0.2) is 40.9 Å². The SMILES string of the molecule is C[C@@H](C(=O)N(Cc1ccccc1F)C1Cc2ccccc2C1)N1CCc2ccccc2[C@@H]1c1cccc2c1OCC2. The predicted octanol–water partition coefficient (Wildman–Crippen LogP) is 6.29. The van der Waals surface area contributed by atoms with Gasteiger partial charge in [0.1, 0.15) is 11.6 Å². The smallest absolute Gasteiger partial charge is 0.240 e. The van der Waals surface area contributed by atoms with Crippen LogP contribution in [-0.2, 0) is 37.0 Å². The zero-order valence-corrected chi connectivity index (χ0v) is 23.4. The highest BCUT2D eigenvalue weighted by atomic mass is 19.1. The number of hydrogen-bond donors (Lipinski definition) is 0. The Morgan fingerprint density at radius 3 is 2.29 bits per heavy atom. The van der Waals surface area contributed by atoms with E-state index in [1.165, 1.54) is 33.9 Å². The van der Waals surface area contributed by atoms with Gasteiger partial charge in [-0.3, -0.25) is 9.69 Å². The van der Waals surface area contributed by atoms with Crippen molar-refractivity contribution in [2.45, 2.75) is 57.3 Å². The number of para-hydroxylation sites is 1. The van der Waals surface area contributed by atoms with Crippen molar-refractivity contribution in [2.75, 3.05) is 13.2 Å². The molecule has 2 atom stereocenters. The molecule has 0 bridgehead atoms. The summed E-state index contributed by atoms with van der Waals surface area (Å²) in [6.45, 7) is 3.74. The summed E-state index contributed by atoms with van der Waals surface area (Å²) in [7, 11) is 0. The van der Waals surface area contributed by atoms with E-state index in [-0.39, 0.29) is 30.4 Å². The first-order chi connectivity index (χ1) is 20.1. The highest BCUT2D eigenvalue weighted by Gasteiger charge is 2.40. The summed E-state index contributed by atoms with van der Waals surface area (Å²) in [6.07, 6.45) is 3.36. The van der Waals surface area contributed by atoms with Crippen LogP contribution in [0.3, 0.4) is 0 Å². The molecule has 0 fully saturated rings. The molecular weight excluding hydrogens is 511 g/mol. The van der Waals surface area contributed by atoms with Crippen LogP contribution in [0.25, 0.3) is 0 Å².